The Morgan fingerprint density at radius 3 is 2.15 bits per heavy atom. The van der Waals surface area contributed by atoms with Gasteiger partial charge in [-0.05, 0) is 25.7 Å². The van der Waals surface area contributed by atoms with Crippen LogP contribution in [0.3, 0.4) is 0 Å². The Hall–Kier alpha value is -1.06. The number of aliphatic carboxylic acids is 1. The van der Waals surface area contributed by atoms with Crippen molar-refractivity contribution in [2.24, 2.45) is 0 Å². The van der Waals surface area contributed by atoms with Gasteiger partial charge in [-0.3, -0.25) is 9.59 Å². The first-order valence-corrected chi connectivity index (χ1v) is 8.11. The number of unbranched alkanes of at least 4 members (excludes halogenated alkanes) is 6. The van der Waals surface area contributed by atoms with Gasteiger partial charge in [-0.25, -0.2) is 0 Å². The van der Waals surface area contributed by atoms with Crippen LogP contribution in [0, 0.1) is 0 Å². The Bertz CT molecular complexity index is 311. The highest BCUT2D eigenvalue weighted by molar-refractivity contribution is 5.78. The summed E-state index contributed by atoms with van der Waals surface area (Å²) in [6.45, 7) is 2.21. The lowest BCUT2D eigenvalue weighted by molar-refractivity contribution is -0.140. The van der Waals surface area contributed by atoms with Crippen molar-refractivity contribution in [2.75, 3.05) is 0 Å². The van der Waals surface area contributed by atoms with Crippen molar-refractivity contribution in [3.05, 3.63) is 0 Å². The van der Waals surface area contributed by atoms with E-state index in [9.17, 15) is 9.59 Å². The second kappa shape index (κ2) is 8.98. The van der Waals surface area contributed by atoms with Gasteiger partial charge in [-0.15, -0.1) is 0 Å². The van der Waals surface area contributed by atoms with Gasteiger partial charge in [-0.2, -0.15) is 0 Å². The highest BCUT2D eigenvalue weighted by Gasteiger charge is 2.40. The molecule has 1 rings (SSSR count). The molecule has 1 fully saturated rings. The van der Waals surface area contributed by atoms with Gasteiger partial charge in [-0.1, -0.05) is 45.4 Å². The van der Waals surface area contributed by atoms with Gasteiger partial charge in [0.25, 0.3) is 0 Å². The fourth-order valence-corrected chi connectivity index (χ4v) is 2.84. The Morgan fingerprint density at radius 2 is 1.65 bits per heavy atom. The molecule has 1 saturated carbocycles. The first-order chi connectivity index (χ1) is 9.58. The zero-order valence-electron chi connectivity index (χ0n) is 12.7. The van der Waals surface area contributed by atoms with Crippen molar-refractivity contribution in [1.82, 2.24) is 5.32 Å². The van der Waals surface area contributed by atoms with Crippen molar-refractivity contribution in [3.63, 3.8) is 0 Å². The molecule has 0 bridgehead atoms. The first-order valence-electron chi connectivity index (χ1n) is 8.11. The van der Waals surface area contributed by atoms with Gasteiger partial charge in [0.2, 0.25) is 5.91 Å². The van der Waals surface area contributed by atoms with Gasteiger partial charge in [0.1, 0.15) is 0 Å². The molecule has 0 radical (unpaired) electrons. The molecule has 20 heavy (non-hydrogen) atoms. The van der Waals surface area contributed by atoms with Gasteiger partial charge < -0.3 is 10.4 Å². The first kappa shape index (κ1) is 17.0. The van der Waals surface area contributed by atoms with Crippen molar-refractivity contribution >= 4 is 11.9 Å². The van der Waals surface area contributed by atoms with Crippen molar-refractivity contribution in [3.8, 4) is 0 Å². The van der Waals surface area contributed by atoms with Gasteiger partial charge >= 0.3 is 5.97 Å². The largest absolute Gasteiger partial charge is 0.481 e. The second-order valence-corrected chi connectivity index (χ2v) is 6.12. The lowest BCUT2D eigenvalue weighted by Gasteiger charge is -2.41. The lowest BCUT2D eigenvalue weighted by Crippen LogP contribution is -2.54. The quantitative estimate of drug-likeness (QED) is 0.569. The van der Waals surface area contributed by atoms with Gasteiger partial charge in [0, 0.05) is 6.42 Å². The normalized spacial score (nSPS) is 16.4. The number of hydrogen-bond acceptors (Lipinski definition) is 2. The minimum absolute atomic E-state index is 0.0273. The van der Waals surface area contributed by atoms with E-state index < -0.39 is 11.5 Å². The summed E-state index contributed by atoms with van der Waals surface area (Å²) in [4.78, 5) is 22.7. The van der Waals surface area contributed by atoms with Crippen LogP contribution in [0.15, 0.2) is 0 Å². The third kappa shape index (κ3) is 6.40. The Balaban J connectivity index is 2.09. The van der Waals surface area contributed by atoms with Crippen LogP contribution >= 0.6 is 0 Å². The summed E-state index contributed by atoms with van der Waals surface area (Å²) in [5.41, 5.74) is -0.440. The van der Waals surface area contributed by atoms with Crippen LogP contribution in [0.1, 0.15) is 84.0 Å². The third-order valence-corrected chi connectivity index (χ3v) is 4.21. The van der Waals surface area contributed by atoms with E-state index in [0.717, 1.165) is 32.1 Å². The van der Waals surface area contributed by atoms with Crippen LogP contribution in [-0.2, 0) is 9.59 Å². The van der Waals surface area contributed by atoms with E-state index >= 15 is 0 Å². The minimum atomic E-state index is -0.819. The molecule has 0 aromatic carbocycles. The molecule has 4 heteroatoms. The predicted molar refractivity (Wildman–Crippen MR) is 79.6 cm³/mol. The molecular formula is C16H29NO3. The summed E-state index contributed by atoms with van der Waals surface area (Å²) in [6, 6.07) is 0. The van der Waals surface area contributed by atoms with Crippen LogP contribution in [0.25, 0.3) is 0 Å². The van der Waals surface area contributed by atoms with Crippen LogP contribution in [-0.4, -0.2) is 22.5 Å². The van der Waals surface area contributed by atoms with E-state index in [1.165, 1.54) is 32.1 Å². The van der Waals surface area contributed by atoms with Crippen LogP contribution in [0.5, 0.6) is 0 Å². The number of carbonyl (C=O) groups is 2. The number of hydrogen-bond donors (Lipinski definition) is 2. The van der Waals surface area contributed by atoms with Crippen molar-refractivity contribution in [1.29, 1.82) is 0 Å². The molecule has 0 heterocycles. The molecule has 1 aliphatic carbocycles. The molecule has 116 valence electrons. The molecule has 0 aliphatic heterocycles. The summed E-state index contributed by atoms with van der Waals surface area (Å²) >= 11 is 0. The topological polar surface area (TPSA) is 66.4 Å². The lowest BCUT2D eigenvalue weighted by atomic mass is 9.74. The molecule has 0 aromatic heterocycles. The zero-order chi connectivity index (χ0) is 14.8. The summed E-state index contributed by atoms with van der Waals surface area (Å²) < 4.78 is 0. The number of nitrogens with one attached hydrogen (secondary N) is 1. The number of rotatable bonds is 11. The molecule has 0 aromatic rings. The smallest absolute Gasteiger partial charge is 0.305 e. The zero-order valence-corrected chi connectivity index (χ0v) is 12.7. The molecule has 0 atom stereocenters. The second-order valence-electron chi connectivity index (χ2n) is 6.12. The van der Waals surface area contributed by atoms with Gasteiger partial charge in [0.15, 0.2) is 0 Å². The predicted octanol–water partition coefficient (Wildman–Crippen LogP) is 3.64. The van der Waals surface area contributed by atoms with E-state index in [-0.39, 0.29) is 12.3 Å². The maximum atomic E-state index is 11.9. The Kier molecular flexibility index (Phi) is 7.63. The molecule has 0 saturated heterocycles. The summed E-state index contributed by atoms with van der Waals surface area (Å²) in [7, 11) is 0. The highest BCUT2D eigenvalue weighted by atomic mass is 16.4. The molecular weight excluding hydrogens is 254 g/mol. The minimum Gasteiger partial charge on any atom is -0.481 e. The van der Waals surface area contributed by atoms with Crippen LogP contribution in [0.4, 0.5) is 0 Å². The fraction of sp³-hybridized carbons (Fsp3) is 0.875. The standard InChI is InChI=1S/C16H29NO3/c1-2-3-4-5-6-7-8-10-14(18)17-16(11-9-12-16)13-15(19)20/h2-13H2,1H3,(H,17,18)(H,19,20). The summed E-state index contributed by atoms with van der Waals surface area (Å²) in [6.07, 6.45) is 11.6. The molecule has 0 spiro atoms. The van der Waals surface area contributed by atoms with E-state index in [4.69, 9.17) is 5.11 Å². The SMILES string of the molecule is CCCCCCCCCC(=O)NC1(CC(=O)O)CCC1. The summed E-state index contributed by atoms with van der Waals surface area (Å²) in [5.74, 6) is -0.791. The summed E-state index contributed by atoms with van der Waals surface area (Å²) in [5, 5.41) is 11.8. The molecule has 0 unspecified atom stereocenters. The molecule has 2 N–H and O–H groups in total. The number of amides is 1. The number of carboxylic acid groups (broad SMARTS) is 1. The van der Waals surface area contributed by atoms with Crippen molar-refractivity contribution < 1.29 is 14.7 Å². The molecule has 4 nitrogen and oxygen atoms in total. The Labute approximate surface area is 122 Å². The van der Waals surface area contributed by atoms with E-state index in [1.54, 1.807) is 0 Å². The van der Waals surface area contributed by atoms with E-state index in [0.29, 0.717) is 6.42 Å². The van der Waals surface area contributed by atoms with Gasteiger partial charge in [0.05, 0.1) is 12.0 Å². The van der Waals surface area contributed by atoms with E-state index in [1.807, 2.05) is 0 Å². The van der Waals surface area contributed by atoms with Crippen LogP contribution in [0.2, 0.25) is 0 Å². The third-order valence-electron chi connectivity index (χ3n) is 4.21. The number of carboxylic acids is 1. The monoisotopic (exact) mass is 283 g/mol. The maximum Gasteiger partial charge on any atom is 0.305 e. The molecule has 1 amide bonds. The highest BCUT2D eigenvalue weighted by Crippen LogP contribution is 2.35. The molecule has 1 aliphatic rings. The average Bonchev–Trinajstić information content (AvgIpc) is 2.34. The Morgan fingerprint density at radius 1 is 1.05 bits per heavy atom. The number of carbonyl (C=O) groups excluding carboxylic acids is 1. The van der Waals surface area contributed by atoms with Crippen molar-refractivity contribution in [2.45, 2.75) is 89.5 Å². The van der Waals surface area contributed by atoms with Crippen LogP contribution < -0.4 is 5.32 Å². The average molecular weight is 283 g/mol. The fourth-order valence-electron chi connectivity index (χ4n) is 2.84. The maximum absolute atomic E-state index is 11.9. The van der Waals surface area contributed by atoms with E-state index in [2.05, 4.69) is 12.2 Å².